The number of fused-ring (bicyclic) bond motifs is 1. The van der Waals surface area contributed by atoms with Crippen LogP contribution in [0.2, 0.25) is 0 Å². The summed E-state index contributed by atoms with van der Waals surface area (Å²) in [6, 6.07) is 9.45. The number of carbonyl (C=O) groups is 3. The maximum absolute atomic E-state index is 13.8. The van der Waals surface area contributed by atoms with Crippen LogP contribution in [0.25, 0.3) is 11.1 Å². The van der Waals surface area contributed by atoms with Gasteiger partial charge in [-0.25, -0.2) is 9.59 Å². The Labute approximate surface area is 347 Å². The van der Waals surface area contributed by atoms with Gasteiger partial charge in [-0.3, -0.25) is 10.1 Å². The summed E-state index contributed by atoms with van der Waals surface area (Å²) in [5.41, 5.74) is 0.445. The van der Waals surface area contributed by atoms with Crippen molar-refractivity contribution >= 4 is 17.9 Å². The molecule has 12 heteroatoms. The van der Waals surface area contributed by atoms with Crippen LogP contribution in [-0.2, 0) is 19.0 Å². The second-order valence-corrected chi connectivity index (χ2v) is 14.9. The Kier molecular flexibility index (Phi) is 19.2. The van der Waals surface area contributed by atoms with Crippen molar-refractivity contribution in [3.63, 3.8) is 0 Å². The Balaban J connectivity index is 1.27. The van der Waals surface area contributed by atoms with Gasteiger partial charge in [0.25, 0.3) is 0 Å². The summed E-state index contributed by atoms with van der Waals surface area (Å²) in [5, 5.41) is 32.3. The van der Waals surface area contributed by atoms with Crippen LogP contribution in [0.3, 0.4) is 0 Å². The fourth-order valence-electron chi connectivity index (χ4n) is 6.01. The number of benzene rings is 2. The van der Waals surface area contributed by atoms with Gasteiger partial charge in [0.2, 0.25) is 0 Å². The summed E-state index contributed by atoms with van der Waals surface area (Å²) in [4.78, 5) is 38.7. The van der Waals surface area contributed by atoms with E-state index in [0.29, 0.717) is 12.0 Å². The molecule has 4 N–H and O–H groups in total. The third-order valence-corrected chi connectivity index (χ3v) is 9.25. The first-order valence-electron chi connectivity index (χ1n) is 20.2. The van der Waals surface area contributed by atoms with Crippen molar-refractivity contribution in [2.24, 2.45) is 5.41 Å². The molecule has 0 spiro atoms. The Hall–Kier alpha value is -4.95. The molecule has 4 unspecified atom stereocenters. The molecule has 1 fully saturated rings. The number of rotatable bonds is 27. The van der Waals surface area contributed by atoms with Crippen molar-refractivity contribution in [2.75, 3.05) is 13.2 Å². The summed E-state index contributed by atoms with van der Waals surface area (Å²) in [7, 11) is 0. The molecule has 4 atom stereocenters. The molecule has 1 aliphatic heterocycles. The number of aliphatic hydroxyl groups excluding tert-OH is 2. The van der Waals surface area contributed by atoms with Gasteiger partial charge in [-0.1, -0.05) is 106 Å². The van der Waals surface area contributed by atoms with E-state index in [1.807, 2.05) is 26.0 Å². The highest BCUT2D eigenvalue weighted by Crippen LogP contribution is 2.48. The zero-order chi connectivity index (χ0) is 42.6. The van der Waals surface area contributed by atoms with Crippen LogP contribution in [0.1, 0.15) is 99.8 Å². The molecule has 4 rings (SSSR count). The average Bonchev–Trinajstić information content (AvgIpc) is 4.12. The van der Waals surface area contributed by atoms with Crippen LogP contribution in [0, 0.1) is 5.41 Å². The summed E-state index contributed by atoms with van der Waals surface area (Å²) in [5.74, 6) is -2.15. The van der Waals surface area contributed by atoms with E-state index in [0.717, 1.165) is 37.7 Å². The summed E-state index contributed by atoms with van der Waals surface area (Å²) < 4.78 is 28.6. The zero-order valence-corrected chi connectivity index (χ0v) is 34.5. The lowest BCUT2D eigenvalue weighted by Crippen LogP contribution is -2.44. The van der Waals surface area contributed by atoms with Crippen molar-refractivity contribution in [1.82, 2.24) is 5.32 Å². The monoisotopic (exact) mass is 813 g/mol. The Morgan fingerprint density at radius 3 is 1.98 bits per heavy atom. The van der Waals surface area contributed by atoms with Crippen LogP contribution in [0.4, 0.5) is 0 Å². The molecule has 59 heavy (non-hydrogen) atoms. The minimum absolute atomic E-state index is 0.00325. The van der Waals surface area contributed by atoms with Gasteiger partial charge in [-0.15, -0.1) is 0 Å². The van der Waals surface area contributed by atoms with Crippen LogP contribution in [-0.4, -0.2) is 77.4 Å². The third kappa shape index (κ3) is 16.3. The van der Waals surface area contributed by atoms with Gasteiger partial charge in [0.05, 0.1) is 6.61 Å². The van der Waals surface area contributed by atoms with E-state index < -0.39 is 54.3 Å². The molecule has 2 aliphatic carbocycles. The van der Waals surface area contributed by atoms with Crippen LogP contribution >= 0.6 is 0 Å². The molecule has 0 bridgehead atoms. The van der Waals surface area contributed by atoms with Crippen molar-refractivity contribution < 1.29 is 53.4 Å². The smallest absolute Gasteiger partial charge is 0.347 e. The second-order valence-electron chi connectivity index (χ2n) is 14.9. The molecule has 0 amide bonds. The minimum Gasteiger partial charge on any atom is -0.455 e. The van der Waals surface area contributed by atoms with Crippen LogP contribution < -0.4 is 14.8 Å². The van der Waals surface area contributed by atoms with Crippen molar-refractivity contribution in [1.29, 1.82) is 0 Å². The van der Waals surface area contributed by atoms with E-state index in [1.54, 1.807) is 24.3 Å². The second kappa shape index (κ2) is 24.2. The number of epoxide rings is 1. The Morgan fingerprint density at radius 1 is 0.797 bits per heavy atom. The lowest BCUT2D eigenvalue weighted by atomic mass is 9.85. The number of nitrogens with one attached hydrogen (secondary N) is 1. The highest BCUT2D eigenvalue weighted by Gasteiger charge is 2.53. The predicted molar refractivity (Wildman–Crippen MR) is 225 cm³/mol. The first kappa shape index (κ1) is 46.7. The van der Waals surface area contributed by atoms with Crippen molar-refractivity contribution in [2.45, 2.75) is 110 Å². The molecule has 1 aromatic rings. The summed E-state index contributed by atoms with van der Waals surface area (Å²) >= 11 is 0. The lowest BCUT2D eigenvalue weighted by Gasteiger charge is -2.33. The SMILES string of the molecule is CCC=CCC=CCC=CCC=CCC=CCC=CCC(O)OCC(C)(C)C(OC(=O)c1cc2cc-2c1OC(=O)c1ccccc1OC(C)=O)C1OC1NCCC(O)O. The largest absolute Gasteiger partial charge is 0.455 e. The molecular weight excluding hydrogens is 755 g/mol. The summed E-state index contributed by atoms with van der Waals surface area (Å²) in [6.07, 6.45) is 26.4. The first-order chi connectivity index (χ1) is 28.4. The topological polar surface area (TPSA) is 173 Å². The zero-order valence-electron chi connectivity index (χ0n) is 34.5. The number of aliphatic hydroxyl groups is 3. The Bertz CT molecular complexity index is 1870. The number of esters is 3. The number of hydrogen-bond donors (Lipinski definition) is 4. The molecule has 1 saturated heterocycles. The molecule has 1 heterocycles. The van der Waals surface area contributed by atoms with Gasteiger partial charge in [0.15, 0.2) is 18.3 Å². The standard InChI is InChI=1S/C47H59NO11/c1-5-6-7-8-9-10-11-12-13-14-15-16-17-18-19-20-21-22-27-40(52)55-32-47(3,4)43(42-44(57-42)48-29-28-39(50)51)59-46(54)37-31-34-30-36(34)41(37)58-45(53)35-25-23-24-26-38(35)56-33(2)49/h6-7,9-10,12-13,15-16,18-19,21-26,30-31,39-40,42-44,48,50-52H,5,8,11,14,17,20,27-29,32H2,1-4H3. The highest BCUT2D eigenvalue weighted by molar-refractivity contribution is 6.06. The first-order valence-corrected chi connectivity index (χ1v) is 20.2. The molecule has 0 radical (unpaired) electrons. The van der Waals surface area contributed by atoms with E-state index in [4.69, 9.17) is 23.7 Å². The molecule has 318 valence electrons. The van der Waals surface area contributed by atoms with Gasteiger partial charge in [0.1, 0.15) is 35.3 Å². The number of para-hydroxylation sites is 1. The van der Waals surface area contributed by atoms with Crippen LogP contribution in [0.5, 0.6) is 11.5 Å². The number of allylic oxidation sites excluding steroid dienone is 11. The maximum atomic E-state index is 13.8. The van der Waals surface area contributed by atoms with Gasteiger partial charge >= 0.3 is 17.9 Å². The minimum atomic E-state index is -1.49. The fourth-order valence-corrected chi connectivity index (χ4v) is 6.01. The van der Waals surface area contributed by atoms with Crippen LogP contribution in [0.15, 0.2) is 109 Å². The molecule has 3 aliphatic rings. The van der Waals surface area contributed by atoms with E-state index >= 15 is 0 Å². The van der Waals surface area contributed by atoms with Crippen molar-refractivity contribution in [3.8, 4) is 22.6 Å². The quantitative estimate of drug-likeness (QED) is 0.0194. The molecule has 0 saturated carbocycles. The highest BCUT2D eigenvalue weighted by atomic mass is 16.6. The number of hydrogen-bond acceptors (Lipinski definition) is 12. The van der Waals surface area contributed by atoms with Gasteiger partial charge in [0, 0.05) is 37.3 Å². The maximum Gasteiger partial charge on any atom is 0.347 e. The normalized spacial score (nSPS) is 17.3. The van der Waals surface area contributed by atoms with Crippen molar-refractivity contribution in [3.05, 3.63) is 120 Å². The summed E-state index contributed by atoms with van der Waals surface area (Å²) in [6.45, 7) is 7.22. The van der Waals surface area contributed by atoms with Gasteiger partial charge in [-0.2, -0.15) is 0 Å². The molecule has 12 nitrogen and oxygen atoms in total. The van der Waals surface area contributed by atoms with Gasteiger partial charge < -0.3 is 39.0 Å². The van der Waals surface area contributed by atoms with Gasteiger partial charge in [-0.05, 0) is 68.4 Å². The van der Waals surface area contributed by atoms with E-state index in [2.05, 4.69) is 73.0 Å². The average molecular weight is 814 g/mol. The number of carbonyl (C=O) groups excluding carboxylic acids is 3. The van der Waals surface area contributed by atoms with E-state index in [-0.39, 0.29) is 48.6 Å². The lowest BCUT2D eigenvalue weighted by molar-refractivity contribution is -0.139. The third-order valence-electron chi connectivity index (χ3n) is 9.25. The van der Waals surface area contributed by atoms with E-state index in [9.17, 15) is 29.7 Å². The molecular formula is C47H59NO11. The molecule has 1 aromatic carbocycles. The molecule has 0 aromatic heterocycles. The fraction of sp³-hybridized carbons (Fsp3) is 0.426. The predicted octanol–water partition coefficient (Wildman–Crippen LogP) is 7.80. The van der Waals surface area contributed by atoms with E-state index in [1.165, 1.54) is 19.1 Å². The number of ether oxygens (including phenoxy) is 5. The Morgan fingerprint density at radius 2 is 1.39 bits per heavy atom.